The second-order valence-electron chi connectivity index (χ2n) is 3.81. The summed E-state index contributed by atoms with van der Waals surface area (Å²) < 4.78 is 0. The number of nitrogens with zero attached hydrogens (tertiary/aromatic N) is 1. The van der Waals surface area contributed by atoms with Gasteiger partial charge < -0.3 is 10.2 Å². The molecule has 0 aromatic rings. The summed E-state index contributed by atoms with van der Waals surface area (Å²) in [6, 6.07) is 1.80. The summed E-state index contributed by atoms with van der Waals surface area (Å²) in [4.78, 5) is 22.1. The Kier molecular flexibility index (Phi) is 6.16. The van der Waals surface area contributed by atoms with Gasteiger partial charge in [0.2, 0.25) is 0 Å². The number of carbonyl (C=O) groups is 2. The van der Waals surface area contributed by atoms with Crippen LogP contribution in [0, 0.1) is 16.7 Å². The van der Waals surface area contributed by atoms with Crippen molar-refractivity contribution in [2.24, 2.45) is 5.41 Å². The molecule has 5 heteroatoms. The van der Waals surface area contributed by atoms with Crippen LogP contribution in [-0.2, 0) is 9.59 Å². The fraction of sp³-hybridized carbons (Fsp3) is 0.727. The van der Waals surface area contributed by atoms with Crippen LogP contribution in [0.25, 0.3) is 0 Å². The zero-order valence-electron chi connectivity index (χ0n) is 9.40. The van der Waals surface area contributed by atoms with E-state index in [1.807, 2.05) is 6.92 Å². The number of rotatable bonds is 8. The van der Waals surface area contributed by atoms with Crippen LogP contribution in [0.4, 0.5) is 0 Å². The average molecular weight is 227 g/mol. The Morgan fingerprint density at radius 2 is 1.75 bits per heavy atom. The molecular formula is C11H17NO4. The molecule has 0 aromatic heterocycles. The average Bonchev–Trinajstić information content (AvgIpc) is 2.22. The summed E-state index contributed by atoms with van der Waals surface area (Å²) in [5.74, 6) is -2.68. The molecule has 5 nitrogen and oxygen atoms in total. The third kappa shape index (κ3) is 3.54. The maximum absolute atomic E-state index is 11.1. The van der Waals surface area contributed by atoms with Gasteiger partial charge in [0.25, 0.3) is 0 Å². The van der Waals surface area contributed by atoms with Gasteiger partial charge in [-0.25, -0.2) is 0 Å². The van der Waals surface area contributed by atoms with Gasteiger partial charge in [0.15, 0.2) is 5.41 Å². The number of carboxylic acids is 2. The molecule has 0 aliphatic carbocycles. The molecular weight excluding hydrogens is 210 g/mol. The molecule has 0 saturated heterocycles. The molecule has 0 aliphatic rings. The number of hydrogen-bond donors (Lipinski definition) is 2. The Labute approximate surface area is 94.7 Å². The lowest BCUT2D eigenvalue weighted by Crippen LogP contribution is -2.39. The van der Waals surface area contributed by atoms with Crippen molar-refractivity contribution in [3.8, 4) is 6.07 Å². The fourth-order valence-electron chi connectivity index (χ4n) is 1.59. The quantitative estimate of drug-likeness (QED) is 0.488. The van der Waals surface area contributed by atoms with Gasteiger partial charge in [0, 0.05) is 6.42 Å². The third-order valence-electron chi connectivity index (χ3n) is 2.69. The van der Waals surface area contributed by atoms with Crippen LogP contribution < -0.4 is 0 Å². The van der Waals surface area contributed by atoms with Crippen LogP contribution in [0.3, 0.4) is 0 Å². The van der Waals surface area contributed by atoms with Crippen LogP contribution in [-0.4, -0.2) is 22.2 Å². The molecule has 0 unspecified atom stereocenters. The molecule has 0 aromatic carbocycles. The van der Waals surface area contributed by atoms with E-state index in [0.29, 0.717) is 6.42 Å². The number of aliphatic carboxylic acids is 2. The van der Waals surface area contributed by atoms with Gasteiger partial charge in [-0.05, 0) is 12.8 Å². The van der Waals surface area contributed by atoms with Crippen LogP contribution in [0.2, 0.25) is 0 Å². The highest BCUT2D eigenvalue weighted by molar-refractivity contribution is 5.98. The summed E-state index contributed by atoms with van der Waals surface area (Å²) >= 11 is 0. The van der Waals surface area contributed by atoms with E-state index >= 15 is 0 Å². The normalized spacial score (nSPS) is 10.8. The molecule has 2 N–H and O–H groups in total. The molecule has 0 radical (unpaired) electrons. The molecule has 0 amide bonds. The molecule has 90 valence electrons. The van der Waals surface area contributed by atoms with Crippen LogP contribution in [0.1, 0.15) is 45.4 Å². The van der Waals surface area contributed by atoms with Crippen molar-refractivity contribution in [3.63, 3.8) is 0 Å². The van der Waals surface area contributed by atoms with Crippen LogP contribution >= 0.6 is 0 Å². The van der Waals surface area contributed by atoms with Crippen molar-refractivity contribution < 1.29 is 19.8 Å². The van der Waals surface area contributed by atoms with Crippen LogP contribution in [0.5, 0.6) is 0 Å². The van der Waals surface area contributed by atoms with Gasteiger partial charge >= 0.3 is 11.9 Å². The van der Waals surface area contributed by atoms with E-state index in [9.17, 15) is 9.59 Å². The second kappa shape index (κ2) is 6.83. The van der Waals surface area contributed by atoms with E-state index in [-0.39, 0.29) is 19.3 Å². The first-order chi connectivity index (χ1) is 7.51. The molecule has 0 atom stereocenters. The molecule has 0 saturated carbocycles. The van der Waals surface area contributed by atoms with Gasteiger partial charge in [-0.1, -0.05) is 26.2 Å². The smallest absolute Gasteiger partial charge is 0.321 e. The largest absolute Gasteiger partial charge is 0.480 e. The Morgan fingerprint density at radius 1 is 1.19 bits per heavy atom. The highest BCUT2D eigenvalue weighted by Gasteiger charge is 2.45. The monoisotopic (exact) mass is 227 g/mol. The first kappa shape index (κ1) is 14.4. The van der Waals surface area contributed by atoms with Crippen molar-refractivity contribution in [2.45, 2.75) is 45.4 Å². The minimum absolute atomic E-state index is 0.0509. The van der Waals surface area contributed by atoms with E-state index in [2.05, 4.69) is 0 Å². The van der Waals surface area contributed by atoms with Crippen molar-refractivity contribution in [1.82, 2.24) is 0 Å². The van der Waals surface area contributed by atoms with Gasteiger partial charge in [0.05, 0.1) is 6.07 Å². The summed E-state index contributed by atoms with van der Waals surface area (Å²) in [7, 11) is 0. The van der Waals surface area contributed by atoms with Gasteiger partial charge in [-0.2, -0.15) is 5.26 Å². The summed E-state index contributed by atoms with van der Waals surface area (Å²) in [5, 5.41) is 26.5. The summed E-state index contributed by atoms with van der Waals surface area (Å²) in [5.41, 5.74) is -1.79. The first-order valence-electron chi connectivity index (χ1n) is 5.35. The Balaban J connectivity index is 4.74. The number of carboxylic acid groups (broad SMARTS) is 2. The predicted octanol–water partition coefficient (Wildman–Crippen LogP) is 2.03. The number of nitriles is 1. The predicted molar refractivity (Wildman–Crippen MR) is 56.7 cm³/mol. The Hall–Kier alpha value is -1.57. The number of unbranched alkanes of at least 4 members (excludes halogenated alkanes) is 2. The highest BCUT2D eigenvalue weighted by atomic mass is 16.4. The molecule has 16 heavy (non-hydrogen) atoms. The van der Waals surface area contributed by atoms with Gasteiger partial charge in [-0.3, -0.25) is 9.59 Å². The lowest BCUT2D eigenvalue weighted by atomic mass is 9.78. The second-order valence-corrected chi connectivity index (χ2v) is 3.81. The van der Waals surface area contributed by atoms with E-state index in [4.69, 9.17) is 15.5 Å². The third-order valence-corrected chi connectivity index (χ3v) is 2.69. The zero-order chi connectivity index (χ0) is 12.6. The van der Waals surface area contributed by atoms with Crippen molar-refractivity contribution in [2.75, 3.05) is 0 Å². The zero-order valence-corrected chi connectivity index (χ0v) is 9.40. The van der Waals surface area contributed by atoms with E-state index in [0.717, 1.165) is 12.8 Å². The minimum atomic E-state index is -1.79. The SMILES string of the molecule is CCCCCC(CCC#N)(C(=O)O)C(=O)O. The van der Waals surface area contributed by atoms with E-state index in [1.54, 1.807) is 6.07 Å². The lowest BCUT2D eigenvalue weighted by Gasteiger charge is -2.23. The molecule has 0 rings (SSSR count). The first-order valence-corrected chi connectivity index (χ1v) is 5.35. The Bertz CT molecular complexity index is 279. The number of hydrogen-bond acceptors (Lipinski definition) is 3. The molecule has 0 bridgehead atoms. The lowest BCUT2D eigenvalue weighted by molar-refractivity contribution is -0.165. The molecule has 0 aliphatic heterocycles. The van der Waals surface area contributed by atoms with Crippen molar-refractivity contribution in [1.29, 1.82) is 5.26 Å². The van der Waals surface area contributed by atoms with E-state index in [1.165, 1.54) is 0 Å². The maximum Gasteiger partial charge on any atom is 0.321 e. The van der Waals surface area contributed by atoms with Crippen molar-refractivity contribution in [3.05, 3.63) is 0 Å². The van der Waals surface area contributed by atoms with Crippen LogP contribution in [0.15, 0.2) is 0 Å². The maximum atomic E-state index is 11.1. The van der Waals surface area contributed by atoms with Gasteiger partial charge in [0.1, 0.15) is 0 Å². The van der Waals surface area contributed by atoms with E-state index < -0.39 is 17.4 Å². The highest BCUT2D eigenvalue weighted by Crippen LogP contribution is 2.31. The summed E-state index contributed by atoms with van der Waals surface area (Å²) in [6.07, 6.45) is 2.17. The molecule has 0 spiro atoms. The van der Waals surface area contributed by atoms with Gasteiger partial charge in [-0.15, -0.1) is 0 Å². The molecule has 0 fully saturated rings. The van der Waals surface area contributed by atoms with Crippen molar-refractivity contribution >= 4 is 11.9 Å². The fourth-order valence-corrected chi connectivity index (χ4v) is 1.59. The topological polar surface area (TPSA) is 98.4 Å². The molecule has 0 heterocycles. The standard InChI is InChI=1S/C11H17NO4/c1-2-3-4-6-11(9(13)14,10(15)16)7-5-8-12/h2-7H2,1H3,(H,13,14)(H,15,16). The summed E-state index contributed by atoms with van der Waals surface area (Å²) in [6.45, 7) is 1.96. The Morgan fingerprint density at radius 3 is 2.12 bits per heavy atom. The minimum Gasteiger partial charge on any atom is -0.480 e.